The van der Waals surface area contributed by atoms with Crippen LogP contribution in [0.2, 0.25) is 0 Å². The van der Waals surface area contributed by atoms with E-state index in [1.807, 2.05) is 30.3 Å². The zero-order valence-corrected chi connectivity index (χ0v) is 12.2. The number of hydrogen-bond donors (Lipinski definition) is 1. The second-order valence-corrected chi connectivity index (χ2v) is 4.68. The van der Waals surface area contributed by atoms with Gasteiger partial charge in [-0.1, -0.05) is 31.2 Å². The van der Waals surface area contributed by atoms with Gasteiger partial charge in [0.15, 0.2) is 0 Å². The van der Waals surface area contributed by atoms with Crippen molar-refractivity contribution in [2.24, 2.45) is 5.73 Å². The molecule has 0 radical (unpaired) electrons. The maximum atomic E-state index is 6.43. The Labute approximate surface area is 120 Å². The minimum absolute atomic E-state index is 0.185. The predicted molar refractivity (Wildman–Crippen MR) is 81.4 cm³/mol. The molecule has 0 amide bonds. The molecule has 0 aromatic heterocycles. The summed E-state index contributed by atoms with van der Waals surface area (Å²) in [6, 6.07) is 13.8. The van der Waals surface area contributed by atoms with E-state index in [0.717, 1.165) is 29.0 Å². The molecule has 106 valence electrons. The van der Waals surface area contributed by atoms with E-state index in [1.54, 1.807) is 14.2 Å². The molecule has 0 aliphatic rings. The SMILES string of the molecule is CCc1ccccc1C(N)c1cc(OC)cc(OC)c1. The number of hydrogen-bond acceptors (Lipinski definition) is 3. The molecule has 0 bridgehead atoms. The Hall–Kier alpha value is -2.00. The smallest absolute Gasteiger partial charge is 0.122 e. The van der Waals surface area contributed by atoms with Crippen LogP contribution in [0.25, 0.3) is 0 Å². The first-order valence-electron chi connectivity index (χ1n) is 6.76. The quantitative estimate of drug-likeness (QED) is 0.907. The standard InChI is InChI=1S/C17H21NO2/c1-4-12-7-5-6-8-16(12)17(18)13-9-14(19-2)11-15(10-13)20-3/h5-11,17H,4,18H2,1-3H3. The second-order valence-electron chi connectivity index (χ2n) is 4.68. The third-order valence-electron chi connectivity index (χ3n) is 3.50. The van der Waals surface area contributed by atoms with E-state index in [4.69, 9.17) is 15.2 Å². The van der Waals surface area contributed by atoms with E-state index in [0.29, 0.717) is 0 Å². The second kappa shape index (κ2) is 6.44. The van der Waals surface area contributed by atoms with Crippen LogP contribution in [0.1, 0.15) is 29.7 Å². The summed E-state index contributed by atoms with van der Waals surface area (Å²) >= 11 is 0. The lowest BCUT2D eigenvalue weighted by Crippen LogP contribution is -2.14. The molecule has 3 heteroatoms. The lowest BCUT2D eigenvalue weighted by molar-refractivity contribution is 0.393. The summed E-state index contributed by atoms with van der Waals surface area (Å²) in [7, 11) is 3.29. The van der Waals surface area contributed by atoms with Gasteiger partial charge in [0.2, 0.25) is 0 Å². The van der Waals surface area contributed by atoms with Crippen LogP contribution in [0.15, 0.2) is 42.5 Å². The average Bonchev–Trinajstić information content (AvgIpc) is 2.53. The van der Waals surface area contributed by atoms with Crippen LogP contribution in [-0.2, 0) is 6.42 Å². The van der Waals surface area contributed by atoms with Gasteiger partial charge in [-0.05, 0) is 35.2 Å². The maximum absolute atomic E-state index is 6.43. The lowest BCUT2D eigenvalue weighted by Gasteiger charge is -2.18. The molecule has 0 fully saturated rings. The van der Waals surface area contributed by atoms with Crippen LogP contribution in [-0.4, -0.2) is 14.2 Å². The van der Waals surface area contributed by atoms with Crippen molar-refractivity contribution in [2.75, 3.05) is 14.2 Å². The van der Waals surface area contributed by atoms with Gasteiger partial charge in [0.25, 0.3) is 0 Å². The van der Waals surface area contributed by atoms with Crippen molar-refractivity contribution >= 4 is 0 Å². The van der Waals surface area contributed by atoms with Crippen molar-refractivity contribution in [3.05, 3.63) is 59.2 Å². The van der Waals surface area contributed by atoms with Crippen LogP contribution >= 0.6 is 0 Å². The van der Waals surface area contributed by atoms with Crippen molar-refractivity contribution in [2.45, 2.75) is 19.4 Å². The Morgan fingerprint density at radius 2 is 1.60 bits per heavy atom. The topological polar surface area (TPSA) is 44.5 Å². The molecule has 2 rings (SSSR count). The maximum Gasteiger partial charge on any atom is 0.122 e. The number of rotatable bonds is 5. The fourth-order valence-corrected chi connectivity index (χ4v) is 2.35. The van der Waals surface area contributed by atoms with Crippen LogP contribution in [0.3, 0.4) is 0 Å². The number of ether oxygens (including phenoxy) is 2. The molecule has 0 aliphatic heterocycles. The van der Waals surface area contributed by atoms with Gasteiger partial charge in [0, 0.05) is 6.07 Å². The molecule has 2 aromatic rings. The fourth-order valence-electron chi connectivity index (χ4n) is 2.35. The minimum Gasteiger partial charge on any atom is -0.497 e. The normalized spacial score (nSPS) is 12.0. The highest BCUT2D eigenvalue weighted by atomic mass is 16.5. The minimum atomic E-state index is -0.185. The fraction of sp³-hybridized carbons (Fsp3) is 0.294. The molecule has 0 heterocycles. The van der Waals surface area contributed by atoms with Gasteiger partial charge in [0.1, 0.15) is 11.5 Å². The molecule has 0 spiro atoms. The van der Waals surface area contributed by atoms with Gasteiger partial charge < -0.3 is 15.2 Å². The van der Waals surface area contributed by atoms with E-state index in [2.05, 4.69) is 19.1 Å². The average molecular weight is 271 g/mol. The summed E-state index contributed by atoms with van der Waals surface area (Å²) in [6.45, 7) is 2.14. The molecular formula is C17H21NO2. The monoisotopic (exact) mass is 271 g/mol. The van der Waals surface area contributed by atoms with Crippen molar-refractivity contribution in [3.8, 4) is 11.5 Å². The predicted octanol–water partition coefficient (Wildman–Crippen LogP) is 3.31. The highest BCUT2D eigenvalue weighted by molar-refractivity contribution is 5.44. The van der Waals surface area contributed by atoms with E-state index >= 15 is 0 Å². The van der Waals surface area contributed by atoms with Gasteiger partial charge in [-0.2, -0.15) is 0 Å². The molecule has 0 aliphatic carbocycles. The number of methoxy groups -OCH3 is 2. The summed E-state index contributed by atoms with van der Waals surface area (Å²) in [4.78, 5) is 0. The Bertz CT molecular complexity index is 559. The van der Waals surface area contributed by atoms with Gasteiger partial charge >= 0.3 is 0 Å². The van der Waals surface area contributed by atoms with E-state index in [1.165, 1.54) is 5.56 Å². The van der Waals surface area contributed by atoms with E-state index in [9.17, 15) is 0 Å². The van der Waals surface area contributed by atoms with Crippen molar-refractivity contribution < 1.29 is 9.47 Å². The summed E-state index contributed by atoms with van der Waals surface area (Å²) in [6.07, 6.45) is 0.963. The van der Waals surface area contributed by atoms with Crippen LogP contribution in [0.4, 0.5) is 0 Å². The van der Waals surface area contributed by atoms with Gasteiger partial charge in [-0.3, -0.25) is 0 Å². The first-order valence-corrected chi connectivity index (χ1v) is 6.76. The van der Waals surface area contributed by atoms with E-state index < -0.39 is 0 Å². The van der Waals surface area contributed by atoms with Crippen LogP contribution in [0.5, 0.6) is 11.5 Å². The Balaban J connectivity index is 2.44. The van der Waals surface area contributed by atoms with Crippen LogP contribution < -0.4 is 15.2 Å². The Morgan fingerprint density at radius 1 is 1.00 bits per heavy atom. The molecule has 2 aromatic carbocycles. The van der Waals surface area contributed by atoms with Gasteiger partial charge in [0.05, 0.1) is 20.3 Å². The molecule has 20 heavy (non-hydrogen) atoms. The summed E-state index contributed by atoms with van der Waals surface area (Å²) in [5.41, 5.74) is 9.83. The third kappa shape index (κ3) is 2.94. The molecule has 0 saturated heterocycles. The van der Waals surface area contributed by atoms with Crippen LogP contribution in [0, 0.1) is 0 Å². The summed E-state index contributed by atoms with van der Waals surface area (Å²) in [5, 5.41) is 0. The zero-order valence-electron chi connectivity index (χ0n) is 12.2. The van der Waals surface area contributed by atoms with Crippen molar-refractivity contribution in [1.82, 2.24) is 0 Å². The largest absolute Gasteiger partial charge is 0.497 e. The number of benzene rings is 2. The highest BCUT2D eigenvalue weighted by Crippen LogP contribution is 2.30. The molecule has 2 N–H and O–H groups in total. The molecule has 1 atom stereocenters. The Morgan fingerprint density at radius 3 is 2.15 bits per heavy atom. The molecule has 3 nitrogen and oxygen atoms in total. The molecule has 1 unspecified atom stereocenters. The molecular weight excluding hydrogens is 250 g/mol. The highest BCUT2D eigenvalue weighted by Gasteiger charge is 2.14. The van der Waals surface area contributed by atoms with Crippen molar-refractivity contribution in [1.29, 1.82) is 0 Å². The first kappa shape index (κ1) is 14.4. The zero-order chi connectivity index (χ0) is 14.5. The Kier molecular flexibility index (Phi) is 4.64. The molecule has 0 saturated carbocycles. The number of aryl methyl sites for hydroxylation is 1. The summed E-state index contributed by atoms with van der Waals surface area (Å²) < 4.78 is 10.6. The van der Waals surface area contributed by atoms with Crippen molar-refractivity contribution in [3.63, 3.8) is 0 Å². The number of nitrogens with two attached hydrogens (primary N) is 1. The first-order chi connectivity index (χ1) is 9.69. The summed E-state index contributed by atoms with van der Waals surface area (Å²) in [5.74, 6) is 1.51. The van der Waals surface area contributed by atoms with Gasteiger partial charge in [-0.15, -0.1) is 0 Å². The third-order valence-corrected chi connectivity index (χ3v) is 3.50. The lowest BCUT2D eigenvalue weighted by atomic mass is 9.94. The van der Waals surface area contributed by atoms with Gasteiger partial charge in [-0.25, -0.2) is 0 Å². The van der Waals surface area contributed by atoms with E-state index in [-0.39, 0.29) is 6.04 Å².